The first-order valence-electron chi connectivity index (χ1n) is 6.09. The fourth-order valence-electron chi connectivity index (χ4n) is 1.96. The molecule has 4 heteroatoms. The molecular formula is C12H24N2O2. The van der Waals surface area contributed by atoms with Crippen molar-refractivity contribution in [3.63, 3.8) is 0 Å². The molecule has 0 spiro atoms. The summed E-state index contributed by atoms with van der Waals surface area (Å²) in [6.07, 6.45) is 0.232. The molecule has 1 rings (SSSR count). The smallest absolute Gasteiger partial charge is 0.227 e. The molecule has 94 valence electrons. The molecule has 0 saturated carbocycles. The van der Waals surface area contributed by atoms with Crippen molar-refractivity contribution in [2.75, 3.05) is 33.3 Å². The molecule has 1 heterocycles. The highest BCUT2D eigenvalue weighted by Crippen LogP contribution is 2.17. The van der Waals surface area contributed by atoms with Gasteiger partial charge in [0.15, 0.2) is 0 Å². The second kappa shape index (κ2) is 6.21. The summed E-state index contributed by atoms with van der Waals surface area (Å²) in [5.41, 5.74) is 0. The summed E-state index contributed by atoms with van der Waals surface area (Å²) in [7, 11) is 1.86. The highest BCUT2D eigenvalue weighted by molar-refractivity contribution is 5.79. The van der Waals surface area contributed by atoms with E-state index in [1.807, 2.05) is 20.9 Å². The second-order valence-electron chi connectivity index (χ2n) is 4.92. The Balaban J connectivity index is 2.30. The van der Waals surface area contributed by atoms with Gasteiger partial charge in [-0.1, -0.05) is 6.92 Å². The molecule has 1 N–H and O–H groups in total. The van der Waals surface area contributed by atoms with E-state index >= 15 is 0 Å². The van der Waals surface area contributed by atoms with Crippen LogP contribution in [0.25, 0.3) is 0 Å². The molecule has 0 aliphatic carbocycles. The van der Waals surface area contributed by atoms with Crippen LogP contribution in [0.3, 0.4) is 0 Å². The number of ether oxygens (including phenoxy) is 1. The van der Waals surface area contributed by atoms with Crippen molar-refractivity contribution in [2.24, 2.45) is 11.8 Å². The van der Waals surface area contributed by atoms with Gasteiger partial charge in [0, 0.05) is 20.1 Å². The number of likely N-dealkylation sites (N-methyl/N-ethyl adjacent to an activating group) is 1. The molecule has 1 amide bonds. The van der Waals surface area contributed by atoms with Gasteiger partial charge in [-0.15, -0.1) is 0 Å². The zero-order chi connectivity index (χ0) is 12.1. The van der Waals surface area contributed by atoms with Crippen LogP contribution in [0.1, 0.15) is 20.8 Å². The van der Waals surface area contributed by atoms with Gasteiger partial charge in [-0.05, 0) is 26.3 Å². The lowest BCUT2D eigenvalue weighted by atomic mass is 9.97. The van der Waals surface area contributed by atoms with Crippen LogP contribution in [-0.2, 0) is 9.53 Å². The summed E-state index contributed by atoms with van der Waals surface area (Å²) in [6.45, 7) is 9.20. The van der Waals surface area contributed by atoms with E-state index < -0.39 is 0 Å². The van der Waals surface area contributed by atoms with Crippen molar-refractivity contribution in [1.82, 2.24) is 10.2 Å². The van der Waals surface area contributed by atoms with Gasteiger partial charge in [0.2, 0.25) is 5.91 Å². The molecule has 16 heavy (non-hydrogen) atoms. The number of nitrogens with zero attached hydrogens (tertiary/aromatic N) is 1. The summed E-state index contributed by atoms with van der Waals surface area (Å²) in [5, 5.41) is 3.25. The number of amides is 1. The van der Waals surface area contributed by atoms with Crippen molar-refractivity contribution in [3.05, 3.63) is 0 Å². The van der Waals surface area contributed by atoms with Crippen LogP contribution in [0, 0.1) is 11.8 Å². The zero-order valence-corrected chi connectivity index (χ0v) is 10.8. The highest BCUT2D eigenvalue weighted by atomic mass is 16.5. The first kappa shape index (κ1) is 13.5. The molecule has 1 aliphatic heterocycles. The van der Waals surface area contributed by atoms with E-state index in [4.69, 9.17) is 4.74 Å². The maximum Gasteiger partial charge on any atom is 0.227 e. The van der Waals surface area contributed by atoms with Crippen LogP contribution in [-0.4, -0.2) is 50.2 Å². The van der Waals surface area contributed by atoms with Gasteiger partial charge in [0.05, 0.1) is 18.6 Å². The van der Waals surface area contributed by atoms with Crippen molar-refractivity contribution in [1.29, 1.82) is 0 Å². The topological polar surface area (TPSA) is 41.6 Å². The van der Waals surface area contributed by atoms with Crippen LogP contribution in [0.15, 0.2) is 0 Å². The third-order valence-corrected chi connectivity index (χ3v) is 3.09. The number of hydrogen-bond donors (Lipinski definition) is 1. The van der Waals surface area contributed by atoms with Crippen molar-refractivity contribution in [2.45, 2.75) is 26.9 Å². The number of nitrogens with one attached hydrogen (secondary N) is 1. The molecule has 0 radical (unpaired) electrons. The molecular weight excluding hydrogens is 204 g/mol. The lowest BCUT2D eigenvalue weighted by Gasteiger charge is -2.23. The SMILES string of the molecule is CC(C)OCCN(C)C(=O)C1CNCC1C. The van der Waals surface area contributed by atoms with Crippen LogP contribution < -0.4 is 5.32 Å². The number of hydrogen-bond acceptors (Lipinski definition) is 3. The lowest BCUT2D eigenvalue weighted by Crippen LogP contribution is -2.38. The fraction of sp³-hybridized carbons (Fsp3) is 0.917. The Morgan fingerprint density at radius 2 is 2.19 bits per heavy atom. The molecule has 2 atom stereocenters. The van der Waals surface area contributed by atoms with Crippen molar-refractivity contribution in [3.8, 4) is 0 Å². The van der Waals surface area contributed by atoms with Gasteiger partial charge in [-0.25, -0.2) is 0 Å². The molecule has 0 aromatic heterocycles. The first-order valence-corrected chi connectivity index (χ1v) is 6.09. The van der Waals surface area contributed by atoms with E-state index in [0.29, 0.717) is 19.1 Å². The predicted molar refractivity (Wildman–Crippen MR) is 64.2 cm³/mol. The van der Waals surface area contributed by atoms with E-state index in [9.17, 15) is 4.79 Å². The number of carbonyl (C=O) groups excluding carboxylic acids is 1. The summed E-state index contributed by atoms with van der Waals surface area (Å²) in [4.78, 5) is 13.9. The largest absolute Gasteiger partial charge is 0.377 e. The molecule has 1 saturated heterocycles. The molecule has 2 unspecified atom stereocenters. The Kier molecular flexibility index (Phi) is 5.22. The van der Waals surface area contributed by atoms with Crippen LogP contribution in [0.4, 0.5) is 0 Å². The minimum atomic E-state index is 0.143. The summed E-state index contributed by atoms with van der Waals surface area (Å²) >= 11 is 0. The average molecular weight is 228 g/mol. The number of carbonyl (C=O) groups is 1. The highest BCUT2D eigenvalue weighted by Gasteiger charge is 2.31. The molecule has 0 aromatic rings. The molecule has 1 aliphatic rings. The molecule has 0 bridgehead atoms. The van der Waals surface area contributed by atoms with Crippen molar-refractivity contribution < 1.29 is 9.53 Å². The number of rotatable bonds is 5. The van der Waals surface area contributed by atoms with E-state index in [0.717, 1.165) is 13.1 Å². The molecule has 4 nitrogen and oxygen atoms in total. The maximum absolute atomic E-state index is 12.1. The Bertz CT molecular complexity index is 231. The fourth-order valence-corrected chi connectivity index (χ4v) is 1.96. The summed E-state index contributed by atoms with van der Waals surface area (Å²) in [5.74, 6) is 0.829. The monoisotopic (exact) mass is 228 g/mol. The Morgan fingerprint density at radius 1 is 1.50 bits per heavy atom. The maximum atomic E-state index is 12.1. The minimum absolute atomic E-state index is 0.143. The van der Waals surface area contributed by atoms with Gasteiger partial charge in [0.1, 0.15) is 0 Å². The van der Waals surface area contributed by atoms with E-state index in [2.05, 4.69) is 12.2 Å². The summed E-state index contributed by atoms with van der Waals surface area (Å²) < 4.78 is 5.44. The van der Waals surface area contributed by atoms with E-state index in [-0.39, 0.29) is 17.9 Å². The Hall–Kier alpha value is -0.610. The third-order valence-electron chi connectivity index (χ3n) is 3.09. The average Bonchev–Trinajstić information content (AvgIpc) is 2.62. The van der Waals surface area contributed by atoms with E-state index in [1.165, 1.54) is 0 Å². The van der Waals surface area contributed by atoms with Gasteiger partial charge >= 0.3 is 0 Å². The van der Waals surface area contributed by atoms with E-state index in [1.54, 1.807) is 4.90 Å². The Morgan fingerprint density at radius 3 is 2.69 bits per heavy atom. The van der Waals surface area contributed by atoms with Gasteiger partial charge in [0.25, 0.3) is 0 Å². The first-order chi connectivity index (χ1) is 7.52. The zero-order valence-electron chi connectivity index (χ0n) is 10.8. The Labute approximate surface area is 98.3 Å². The minimum Gasteiger partial charge on any atom is -0.377 e. The lowest BCUT2D eigenvalue weighted by molar-refractivity contribution is -0.135. The van der Waals surface area contributed by atoms with Crippen LogP contribution in [0.2, 0.25) is 0 Å². The van der Waals surface area contributed by atoms with Gasteiger partial charge in [-0.3, -0.25) is 4.79 Å². The van der Waals surface area contributed by atoms with Crippen LogP contribution >= 0.6 is 0 Å². The van der Waals surface area contributed by atoms with Crippen molar-refractivity contribution >= 4 is 5.91 Å². The van der Waals surface area contributed by atoms with Crippen LogP contribution in [0.5, 0.6) is 0 Å². The van der Waals surface area contributed by atoms with Gasteiger partial charge in [-0.2, -0.15) is 0 Å². The summed E-state index contributed by atoms with van der Waals surface area (Å²) in [6, 6.07) is 0. The quantitative estimate of drug-likeness (QED) is 0.754. The molecule has 1 fully saturated rings. The standard InChI is InChI=1S/C12H24N2O2/c1-9(2)16-6-5-14(4)12(15)11-8-13-7-10(11)3/h9-11,13H,5-8H2,1-4H3. The predicted octanol–water partition coefficient (Wildman–Crippen LogP) is 0.725. The third kappa shape index (κ3) is 3.76. The van der Waals surface area contributed by atoms with Gasteiger partial charge < -0.3 is 15.0 Å². The normalized spacial score (nSPS) is 25.1. The molecule has 0 aromatic carbocycles. The second-order valence-corrected chi connectivity index (χ2v) is 4.92.